The van der Waals surface area contributed by atoms with Gasteiger partial charge in [0, 0.05) is 6.04 Å². The maximum atomic E-state index is 12.1. The summed E-state index contributed by atoms with van der Waals surface area (Å²) in [6.45, 7) is 6.95. The van der Waals surface area contributed by atoms with E-state index in [1.54, 1.807) is 27.7 Å². The van der Waals surface area contributed by atoms with Gasteiger partial charge in [-0.15, -0.1) is 0 Å². The smallest absolute Gasteiger partial charge is 0.408 e. The molecule has 2 atom stereocenters. The third kappa shape index (κ3) is 6.58. The van der Waals surface area contributed by atoms with Crippen molar-refractivity contribution in [2.45, 2.75) is 52.0 Å². The van der Waals surface area contributed by atoms with E-state index in [1.165, 1.54) is 0 Å². The molecule has 0 aliphatic carbocycles. The van der Waals surface area contributed by atoms with Crippen molar-refractivity contribution >= 4 is 12.1 Å². The van der Waals surface area contributed by atoms with Gasteiger partial charge in [0.15, 0.2) is 0 Å². The Morgan fingerprint density at radius 3 is 2.32 bits per heavy atom. The van der Waals surface area contributed by atoms with Gasteiger partial charge in [0.05, 0.1) is 0 Å². The van der Waals surface area contributed by atoms with Crippen LogP contribution in [0.25, 0.3) is 0 Å². The molecule has 1 aromatic carbocycles. The molecule has 0 bridgehead atoms. The Morgan fingerprint density at radius 2 is 1.82 bits per heavy atom. The molecule has 1 rings (SSSR count). The summed E-state index contributed by atoms with van der Waals surface area (Å²) in [5, 5.41) is 2.45. The minimum absolute atomic E-state index is 0.124. The second-order valence-electron chi connectivity index (χ2n) is 6.08. The van der Waals surface area contributed by atoms with Gasteiger partial charge in [0.2, 0.25) is 0 Å². The predicted molar refractivity (Wildman–Crippen MR) is 83.0 cm³/mol. The average molecular weight is 308 g/mol. The Morgan fingerprint density at radius 1 is 1.23 bits per heavy atom. The van der Waals surface area contributed by atoms with Gasteiger partial charge in [0.1, 0.15) is 18.2 Å². The SMILES string of the molecule is CC(N)C(NC(=O)OC(C)(C)C)C(=O)OCc1ccccc1. The highest BCUT2D eigenvalue weighted by molar-refractivity contribution is 5.82. The van der Waals surface area contributed by atoms with Crippen LogP contribution in [0.2, 0.25) is 0 Å². The number of nitrogens with one attached hydrogen (secondary N) is 1. The highest BCUT2D eigenvalue weighted by Gasteiger charge is 2.28. The molecule has 1 aromatic rings. The zero-order chi connectivity index (χ0) is 16.8. The third-order valence-corrected chi connectivity index (χ3v) is 2.68. The molecule has 122 valence electrons. The number of amides is 1. The number of carbonyl (C=O) groups is 2. The first-order valence-electron chi connectivity index (χ1n) is 7.14. The molecule has 22 heavy (non-hydrogen) atoms. The fraction of sp³-hybridized carbons (Fsp3) is 0.500. The van der Waals surface area contributed by atoms with Crippen molar-refractivity contribution in [3.63, 3.8) is 0 Å². The lowest BCUT2D eigenvalue weighted by molar-refractivity contribution is -0.148. The normalized spacial score (nSPS) is 13.9. The summed E-state index contributed by atoms with van der Waals surface area (Å²) >= 11 is 0. The number of rotatable bonds is 5. The van der Waals surface area contributed by atoms with Crippen LogP contribution in [0.3, 0.4) is 0 Å². The first-order chi connectivity index (χ1) is 10.2. The largest absolute Gasteiger partial charge is 0.459 e. The number of nitrogens with two attached hydrogens (primary N) is 1. The molecule has 0 aliphatic rings. The molecule has 0 saturated carbocycles. The lowest BCUT2D eigenvalue weighted by atomic mass is 10.1. The minimum atomic E-state index is -0.960. The molecular formula is C16H24N2O4. The fourth-order valence-corrected chi connectivity index (χ4v) is 1.66. The summed E-state index contributed by atoms with van der Waals surface area (Å²) in [4.78, 5) is 23.8. The summed E-state index contributed by atoms with van der Waals surface area (Å²) in [6, 6.07) is 7.70. The lowest BCUT2D eigenvalue weighted by Crippen LogP contribution is -2.52. The van der Waals surface area contributed by atoms with Crippen molar-refractivity contribution in [1.82, 2.24) is 5.32 Å². The van der Waals surface area contributed by atoms with Crippen molar-refractivity contribution in [2.75, 3.05) is 0 Å². The van der Waals surface area contributed by atoms with E-state index in [0.717, 1.165) is 5.56 Å². The van der Waals surface area contributed by atoms with Gasteiger partial charge in [-0.25, -0.2) is 9.59 Å². The number of hydrogen-bond donors (Lipinski definition) is 2. The quantitative estimate of drug-likeness (QED) is 0.812. The molecule has 0 radical (unpaired) electrons. The zero-order valence-corrected chi connectivity index (χ0v) is 13.5. The zero-order valence-electron chi connectivity index (χ0n) is 13.5. The van der Waals surface area contributed by atoms with Crippen LogP contribution in [0.5, 0.6) is 0 Å². The first-order valence-corrected chi connectivity index (χ1v) is 7.14. The minimum Gasteiger partial charge on any atom is -0.459 e. The van der Waals surface area contributed by atoms with E-state index >= 15 is 0 Å². The second kappa shape index (κ2) is 7.79. The van der Waals surface area contributed by atoms with Gasteiger partial charge >= 0.3 is 12.1 Å². The standard InChI is InChI=1S/C16H24N2O4/c1-11(17)13(18-15(20)22-16(2,3)4)14(19)21-10-12-8-6-5-7-9-12/h5-9,11,13H,10,17H2,1-4H3,(H,18,20). The van der Waals surface area contributed by atoms with E-state index in [4.69, 9.17) is 15.2 Å². The van der Waals surface area contributed by atoms with Crippen LogP contribution < -0.4 is 11.1 Å². The summed E-state index contributed by atoms with van der Waals surface area (Å²) in [5.74, 6) is -0.593. The van der Waals surface area contributed by atoms with Crippen molar-refractivity contribution in [3.8, 4) is 0 Å². The van der Waals surface area contributed by atoms with Gasteiger partial charge in [-0.3, -0.25) is 0 Å². The fourth-order valence-electron chi connectivity index (χ4n) is 1.66. The van der Waals surface area contributed by atoms with Gasteiger partial charge in [-0.1, -0.05) is 30.3 Å². The van der Waals surface area contributed by atoms with Crippen LogP contribution in [0.15, 0.2) is 30.3 Å². The summed E-state index contributed by atoms with van der Waals surface area (Å²) in [7, 11) is 0. The Balaban J connectivity index is 2.58. The number of hydrogen-bond acceptors (Lipinski definition) is 5. The first kappa shape index (κ1) is 18.0. The molecule has 0 aromatic heterocycles. The average Bonchev–Trinajstić information content (AvgIpc) is 2.41. The van der Waals surface area contributed by atoms with Crippen molar-refractivity contribution in [3.05, 3.63) is 35.9 Å². The topological polar surface area (TPSA) is 90.6 Å². The van der Waals surface area contributed by atoms with E-state index < -0.39 is 29.7 Å². The van der Waals surface area contributed by atoms with Crippen LogP contribution in [0.4, 0.5) is 4.79 Å². The number of ether oxygens (including phenoxy) is 2. The van der Waals surface area contributed by atoms with Crippen LogP contribution in [0, 0.1) is 0 Å². The van der Waals surface area contributed by atoms with E-state index in [0.29, 0.717) is 0 Å². The van der Waals surface area contributed by atoms with Gasteiger partial charge in [-0.05, 0) is 33.3 Å². The molecule has 2 unspecified atom stereocenters. The Labute approximate surface area is 131 Å². The molecule has 3 N–H and O–H groups in total. The molecular weight excluding hydrogens is 284 g/mol. The van der Waals surface area contributed by atoms with Gasteiger partial charge in [-0.2, -0.15) is 0 Å². The van der Waals surface area contributed by atoms with Gasteiger partial charge in [0.25, 0.3) is 0 Å². The second-order valence-corrected chi connectivity index (χ2v) is 6.08. The molecule has 1 amide bonds. The van der Waals surface area contributed by atoms with Crippen molar-refractivity contribution in [1.29, 1.82) is 0 Å². The molecule has 0 heterocycles. The lowest BCUT2D eigenvalue weighted by Gasteiger charge is -2.24. The highest BCUT2D eigenvalue weighted by Crippen LogP contribution is 2.08. The molecule has 6 heteroatoms. The highest BCUT2D eigenvalue weighted by atomic mass is 16.6. The predicted octanol–water partition coefficient (Wildman–Crippen LogP) is 1.97. The molecule has 0 spiro atoms. The van der Waals surface area contributed by atoms with Crippen molar-refractivity contribution < 1.29 is 19.1 Å². The number of alkyl carbamates (subject to hydrolysis) is 1. The molecule has 0 saturated heterocycles. The van der Waals surface area contributed by atoms with Crippen LogP contribution in [-0.4, -0.2) is 29.7 Å². The van der Waals surface area contributed by atoms with E-state index in [9.17, 15) is 9.59 Å². The van der Waals surface area contributed by atoms with Crippen LogP contribution in [-0.2, 0) is 20.9 Å². The van der Waals surface area contributed by atoms with Crippen molar-refractivity contribution in [2.24, 2.45) is 5.73 Å². The Bertz CT molecular complexity index is 495. The Hall–Kier alpha value is -2.08. The maximum Gasteiger partial charge on any atom is 0.408 e. The number of carbonyl (C=O) groups excluding carboxylic acids is 2. The number of benzene rings is 1. The molecule has 6 nitrogen and oxygen atoms in total. The maximum absolute atomic E-state index is 12.1. The summed E-state index contributed by atoms with van der Waals surface area (Å²) in [6.07, 6.45) is -0.702. The number of esters is 1. The Kier molecular flexibility index (Phi) is 6.37. The van der Waals surface area contributed by atoms with E-state index in [-0.39, 0.29) is 6.61 Å². The molecule has 0 fully saturated rings. The van der Waals surface area contributed by atoms with E-state index in [2.05, 4.69) is 5.32 Å². The summed E-state index contributed by atoms with van der Waals surface area (Å²) in [5.41, 5.74) is 5.95. The monoisotopic (exact) mass is 308 g/mol. The van der Waals surface area contributed by atoms with E-state index in [1.807, 2.05) is 30.3 Å². The third-order valence-electron chi connectivity index (χ3n) is 2.68. The molecule has 0 aliphatic heterocycles. The van der Waals surface area contributed by atoms with Crippen LogP contribution in [0.1, 0.15) is 33.3 Å². The summed E-state index contributed by atoms with van der Waals surface area (Å²) < 4.78 is 10.3. The van der Waals surface area contributed by atoms with Crippen LogP contribution >= 0.6 is 0 Å². The van der Waals surface area contributed by atoms with Gasteiger partial charge < -0.3 is 20.5 Å².